The average Bonchev–Trinajstić information content (AvgIpc) is 3.20. The van der Waals surface area contributed by atoms with Crippen molar-refractivity contribution in [3.8, 4) is 0 Å². The van der Waals surface area contributed by atoms with Crippen molar-refractivity contribution in [2.75, 3.05) is 26.4 Å². The third-order valence-electron chi connectivity index (χ3n) is 9.46. The molecule has 0 amide bonds. The monoisotopic (exact) mass is 827 g/mol. The molecule has 332 valence electrons. The second-order valence-corrected chi connectivity index (χ2v) is 16.5. The molecule has 0 fully saturated rings. The lowest BCUT2D eigenvalue weighted by Crippen LogP contribution is -2.29. The summed E-state index contributed by atoms with van der Waals surface area (Å²) in [6.45, 7) is 2.32. The maximum atomic E-state index is 12.6. The molecule has 0 aromatic rings. The van der Waals surface area contributed by atoms with Gasteiger partial charge < -0.3 is 24.6 Å². The van der Waals surface area contributed by atoms with Crippen LogP contribution in [0, 0.1) is 0 Å². The van der Waals surface area contributed by atoms with Crippen molar-refractivity contribution in [1.29, 1.82) is 0 Å². The minimum atomic E-state index is -4.63. The highest BCUT2D eigenvalue weighted by molar-refractivity contribution is 7.47. The number of hydrogen-bond donors (Lipinski definition) is 3. The molecule has 0 aromatic carbocycles. The smallest absolute Gasteiger partial charge is 0.462 e. The highest BCUT2D eigenvalue weighted by atomic mass is 31.2. The first-order valence-corrected chi connectivity index (χ1v) is 24.1. The Morgan fingerprint density at radius 2 is 0.912 bits per heavy atom. The summed E-state index contributed by atoms with van der Waals surface area (Å²) >= 11 is 0. The number of hydrogen-bond acceptors (Lipinski definition) is 9. The maximum Gasteiger partial charge on any atom is 0.472 e. The summed E-state index contributed by atoms with van der Waals surface area (Å²) in [5.74, 6) is -0.954. The molecule has 0 aliphatic rings. The number of unbranched alkanes of at least 4 members (excludes halogenated alkanes) is 20. The minimum absolute atomic E-state index is 0.157. The first kappa shape index (κ1) is 54.9. The Hall–Kier alpha value is -2.07. The van der Waals surface area contributed by atoms with Gasteiger partial charge in [-0.25, -0.2) is 4.57 Å². The lowest BCUT2D eigenvalue weighted by Gasteiger charge is -2.20. The molecule has 11 heteroatoms. The molecule has 10 nitrogen and oxygen atoms in total. The molecule has 0 aliphatic heterocycles. The highest BCUT2D eigenvalue weighted by Crippen LogP contribution is 2.43. The second kappa shape index (κ2) is 42.1. The lowest BCUT2D eigenvalue weighted by atomic mass is 10.1. The van der Waals surface area contributed by atoms with E-state index in [4.69, 9.17) is 23.6 Å². The van der Waals surface area contributed by atoms with Crippen LogP contribution in [-0.4, -0.2) is 65.7 Å². The number of carbonyl (C=O) groups is 2. The van der Waals surface area contributed by atoms with E-state index in [9.17, 15) is 24.2 Å². The number of rotatable bonds is 42. The fourth-order valence-electron chi connectivity index (χ4n) is 5.94. The van der Waals surface area contributed by atoms with E-state index in [0.29, 0.717) is 12.8 Å². The number of aliphatic hydroxyl groups is 2. The van der Waals surface area contributed by atoms with Crippen molar-refractivity contribution in [2.24, 2.45) is 0 Å². The van der Waals surface area contributed by atoms with Crippen molar-refractivity contribution in [2.45, 2.75) is 206 Å². The van der Waals surface area contributed by atoms with E-state index in [1.807, 2.05) is 0 Å². The predicted molar refractivity (Wildman–Crippen MR) is 233 cm³/mol. The van der Waals surface area contributed by atoms with Crippen molar-refractivity contribution in [1.82, 2.24) is 0 Å². The molecule has 1 unspecified atom stereocenters. The summed E-state index contributed by atoms with van der Waals surface area (Å²) in [4.78, 5) is 35.0. The number of phosphoric ester groups is 1. The van der Waals surface area contributed by atoms with Crippen LogP contribution in [0.1, 0.15) is 194 Å². The van der Waals surface area contributed by atoms with Crippen molar-refractivity contribution < 1.29 is 47.8 Å². The largest absolute Gasteiger partial charge is 0.472 e. The fourth-order valence-corrected chi connectivity index (χ4v) is 6.72. The molecule has 0 heterocycles. The quantitative estimate of drug-likeness (QED) is 0.0235. The Bertz CT molecular complexity index is 1090. The van der Waals surface area contributed by atoms with Gasteiger partial charge in [-0.3, -0.25) is 18.6 Å². The van der Waals surface area contributed by atoms with E-state index in [1.165, 1.54) is 89.9 Å². The highest BCUT2D eigenvalue weighted by Gasteiger charge is 2.27. The van der Waals surface area contributed by atoms with Crippen LogP contribution in [-0.2, 0) is 32.7 Å². The fraction of sp³-hybridized carbons (Fsp3) is 0.783. The Kier molecular flexibility index (Phi) is 40.5. The van der Waals surface area contributed by atoms with Crippen LogP contribution in [0.4, 0.5) is 0 Å². The molecule has 3 atom stereocenters. The Labute approximate surface area is 347 Å². The van der Waals surface area contributed by atoms with Crippen LogP contribution in [0.25, 0.3) is 0 Å². The van der Waals surface area contributed by atoms with Crippen LogP contribution in [0.5, 0.6) is 0 Å². The molecule has 0 spiro atoms. The van der Waals surface area contributed by atoms with E-state index in [0.717, 1.165) is 64.2 Å². The zero-order valence-electron chi connectivity index (χ0n) is 36.0. The van der Waals surface area contributed by atoms with Gasteiger partial charge in [0.25, 0.3) is 0 Å². The van der Waals surface area contributed by atoms with E-state index in [-0.39, 0.29) is 19.4 Å². The summed E-state index contributed by atoms with van der Waals surface area (Å²) in [5.41, 5.74) is 0. The van der Waals surface area contributed by atoms with Gasteiger partial charge in [-0.05, 0) is 77.0 Å². The van der Waals surface area contributed by atoms with Crippen molar-refractivity contribution in [3.05, 3.63) is 48.6 Å². The summed E-state index contributed by atoms with van der Waals surface area (Å²) in [6, 6.07) is 0. The number of carbonyl (C=O) groups excluding carboxylic acids is 2. The Morgan fingerprint density at radius 3 is 1.42 bits per heavy atom. The van der Waals surface area contributed by atoms with Gasteiger partial charge in [0.15, 0.2) is 6.10 Å². The zero-order valence-corrected chi connectivity index (χ0v) is 36.9. The van der Waals surface area contributed by atoms with Crippen LogP contribution in [0.15, 0.2) is 48.6 Å². The Morgan fingerprint density at radius 1 is 0.526 bits per heavy atom. The molecule has 3 N–H and O–H groups in total. The first-order chi connectivity index (χ1) is 27.7. The predicted octanol–water partition coefficient (Wildman–Crippen LogP) is 12.1. The molecule has 0 bridgehead atoms. The molecule has 57 heavy (non-hydrogen) atoms. The average molecular weight is 827 g/mol. The molecule has 0 aromatic heterocycles. The summed E-state index contributed by atoms with van der Waals surface area (Å²) in [5, 5.41) is 18.3. The maximum absolute atomic E-state index is 12.6. The molecule has 0 rings (SSSR count). The third-order valence-corrected chi connectivity index (χ3v) is 10.4. The molecular weight excluding hydrogens is 743 g/mol. The van der Waals surface area contributed by atoms with Crippen LogP contribution in [0.3, 0.4) is 0 Å². The lowest BCUT2D eigenvalue weighted by molar-refractivity contribution is -0.161. The Balaban J connectivity index is 4.32. The van der Waals surface area contributed by atoms with Gasteiger partial charge in [0.2, 0.25) is 0 Å². The van der Waals surface area contributed by atoms with Gasteiger partial charge in [-0.1, -0.05) is 152 Å². The van der Waals surface area contributed by atoms with Gasteiger partial charge in [0.1, 0.15) is 12.7 Å². The standard InChI is InChI=1S/C46H83O10P/c1-3-5-7-9-11-13-15-17-19-21-23-25-27-29-31-33-35-37-45(49)53-41-44(42-55-57(51,52)54-40-43(48)39-47)56-46(50)38-36-34-32-30-28-26-24-22-20-18-16-14-12-10-8-6-4-2/h12,14,17-20,24,26,43-44,47-48H,3-11,13,15-16,21-23,25,27-42H2,1-2H3,(H,51,52)/b14-12-,19-17-,20-18-,26-24-/t43-,44+/m0/s1. The summed E-state index contributed by atoms with van der Waals surface area (Å²) in [7, 11) is -4.63. The molecule has 0 aliphatic carbocycles. The number of esters is 2. The molecule has 0 radical (unpaired) electrons. The first-order valence-electron chi connectivity index (χ1n) is 22.6. The van der Waals surface area contributed by atoms with Crippen LogP contribution < -0.4 is 0 Å². The SMILES string of the molecule is CCCCC/C=C\C/C=C\C/C=C\CCCCCCC(=O)O[C@H](COC(=O)CCCCCCCCC/C=C\CCCCCCCC)COP(=O)(O)OC[C@@H](O)CO. The number of allylic oxidation sites excluding steroid dienone is 8. The number of aliphatic hydroxyl groups excluding tert-OH is 2. The number of phosphoric acid groups is 1. The van der Waals surface area contributed by atoms with E-state index < -0.39 is 51.8 Å². The third kappa shape index (κ3) is 41.9. The van der Waals surface area contributed by atoms with E-state index in [1.54, 1.807) is 0 Å². The van der Waals surface area contributed by atoms with Gasteiger partial charge in [-0.2, -0.15) is 0 Å². The topological polar surface area (TPSA) is 149 Å². The molecular formula is C46H83O10P. The van der Waals surface area contributed by atoms with Gasteiger partial charge >= 0.3 is 19.8 Å². The van der Waals surface area contributed by atoms with E-state index in [2.05, 4.69) is 62.5 Å². The zero-order chi connectivity index (χ0) is 41.9. The summed E-state index contributed by atoms with van der Waals surface area (Å²) in [6.07, 6.45) is 45.0. The molecule has 0 saturated carbocycles. The molecule has 0 saturated heterocycles. The normalized spacial score (nSPS) is 14.3. The number of ether oxygens (including phenoxy) is 2. The van der Waals surface area contributed by atoms with E-state index >= 15 is 0 Å². The van der Waals surface area contributed by atoms with Gasteiger partial charge in [0.05, 0.1) is 19.8 Å². The van der Waals surface area contributed by atoms with Crippen LogP contribution in [0.2, 0.25) is 0 Å². The van der Waals surface area contributed by atoms with Crippen molar-refractivity contribution >= 4 is 19.8 Å². The van der Waals surface area contributed by atoms with Gasteiger partial charge in [0, 0.05) is 12.8 Å². The summed E-state index contributed by atoms with van der Waals surface area (Å²) < 4.78 is 32.7. The van der Waals surface area contributed by atoms with Crippen LogP contribution >= 0.6 is 7.82 Å². The second-order valence-electron chi connectivity index (χ2n) is 15.1. The van der Waals surface area contributed by atoms with Crippen molar-refractivity contribution in [3.63, 3.8) is 0 Å². The van der Waals surface area contributed by atoms with Gasteiger partial charge in [-0.15, -0.1) is 0 Å². The minimum Gasteiger partial charge on any atom is -0.462 e.